The zero-order chi connectivity index (χ0) is 17.6. The molecule has 1 amide bonds. The highest BCUT2D eigenvalue weighted by Gasteiger charge is 2.14. The zero-order valence-corrected chi connectivity index (χ0v) is 15.0. The monoisotopic (exact) mass is 355 g/mol. The molecule has 130 valence electrons. The molecule has 0 aliphatic carbocycles. The largest absolute Gasteiger partial charge is 0.336 e. The lowest BCUT2D eigenvalue weighted by Crippen LogP contribution is -2.31. The Labute approximate surface area is 150 Å². The molecule has 0 aliphatic rings. The van der Waals surface area contributed by atoms with Crippen molar-refractivity contribution in [3.8, 4) is 0 Å². The molecule has 0 aliphatic heterocycles. The molecule has 0 saturated carbocycles. The van der Waals surface area contributed by atoms with Gasteiger partial charge in [-0.25, -0.2) is 4.98 Å². The molecule has 3 rings (SSSR count). The summed E-state index contributed by atoms with van der Waals surface area (Å²) in [4.78, 5) is 34.9. The Kier molecular flexibility index (Phi) is 5.60. The number of nitrogens with one attached hydrogen (secondary N) is 1. The molecule has 6 heteroatoms. The van der Waals surface area contributed by atoms with Crippen molar-refractivity contribution in [2.75, 3.05) is 6.54 Å². The fourth-order valence-electron chi connectivity index (χ4n) is 2.79. The van der Waals surface area contributed by atoms with Crippen LogP contribution in [0.3, 0.4) is 0 Å². The fourth-order valence-corrected chi connectivity index (χ4v) is 3.54. The molecule has 2 heterocycles. The van der Waals surface area contributed by atoms with Gasteiger partial charge in [-0.05, 0) is 43.3 Å². The number of carbonyl (C=O) groups excluding carboxylic acids is 1. The highest BCUT2D eigenvalue weighted by molar-refractivity contribution is 7.09. The van der Waals surface area contributed by atoms with Gasteiger partial charge in [0.25, 0.3) is 5.56 Å². The number of para-hydroxylation sites is 1. The van der Waals surface area contributed by atoms with E-state index in [9.17, 15) is 9.59 Å². The fraction of sp³-hybridized carbons (Fsp3) is 0.316. The first kappa shape index (κ1) is 17.4. The van der Waals surface area contributed by atoms with Crippen LogP contribution in [0.2, 0.25) is 0 Å². The maximum Gasteiger partial charge on any atom is 0.258 e. The van der Waals surface area contributed by atoms with Gasteiger partial charge in [0, 0.05) is 17.8 Å². The number of rotatable bonds is 7. The number of amides is 1. The summed E-state index contributed by atoms with van der Waals surface area (Å²) in [6.45, 7) is 2.86. The Bertz CT molecular complexity index is 902. The molecule has 0 unspecified atom stereocenters. The number of nitrogens with zero attached hydrogens (tertiary/aromatic N) is 2. The van der Waals surface area contributed by atoms with Gasteiger partial charge in [-0.2, -0.15) is 0 Å². The number of fused-ring (bicyclic) bond motifs is 1. The third-order valence-corrected chi connectivity index (χ3v) is 5.07. The molecule has 1 N–H and O–H groups in total. The maximum absolute atomic E-state index is 12.5. The number of hydrogen-bond acceptors (Lipinski definition) is 4. The Hall–Kier alpha value is -2.47. The van der Waals surface area contributed by atoms with Gasteiger partial charge in [-0.3, -0.25) is 9.59 Å². The highest BCUT2D eigenvalue weighted by Crippen LogP contribution is 2.13. The standard InChI is InChI=1S/C19H21N3O2S/c1-2-22(18(23)11-5-7-14-8-6-12-25-14)13-17-20-16-10-4-3-9-15(16)19(24)21-17/h3-4,6,8-10,12H,2,5,7,11,13H2,1H3,(H,20,21,24). The lowest BCUT2D eigenvalue weighted by Gasteiger charge is -2.20. The summed E-state index contributed by atoms with van der Waals surface area (Å²) in [5.41, 5.74) is 0.490. The summed E-state index contributed by atoms with van der Waals surface area (Å²) in [5, 5.41) is 2.62. The van der Waals surface area contributed by atoms with Crippen LogP contribution in [0.15, 0.2) is 46.6 Å². The van der Waals surface area contributed by atoms with E-state index in [2.05, 4.69) is 21.4 Å². The number of hydrogen-bond donors (Lipinski definition) is 1. The Morgan fingerprint density at radius 2 is 2.08 bits per heavy atom. The van der Waals surface area contributed by atoms with Crippen molar-refractivity contribution in [2.45, 2.75) is 32.7 Å². The highest BCUT2D eigenvalue weighted by atomic mass is 32.1. The van der Waals surface area contributed by atoms with Gasteiger partial charge < -0.3 is 9.88 Å². The van der Waals surface area contributed by atoms with Crippen LogP contribution in [-0.2, 0) is 17.8 Å². The molecule has 0 spiro atoms. The molecular formula is C19H21N3O2S. The summed E-state index contributed by atoms with van der Waals surface area (Å²) in [6, 6.07) is 11.4. The van der Waals surface area contributed by atoms with Gasteiger partial charge >= 0.3 is 0 Å². The topological polar surface area (TPSA) is 66.1 Å². The quantitative estimate of drug-likeness (QED) is 0.707. The van der Waals surface area contributed by atoms with Crippen LogP contribution < -0.4 is 5.56 Å². The number of thiophene rings is 1. The minimum absolute atomic E-state index is 0.0925. The average Bonchev–Trinajstić information content (AvgIpc) is 3.13. The van der Waals surface area contributed by atoms with Crippen molar-refractivity contribution in [1.82, 2.24) is 14.9 Å². The van der Waals surface area contributed by atoms with Gasteiger partial charge in [0.2, 0.25) is 5.91 Å². The van der Waals surface area contributed by atoms with Gasteiger partial charge in [-0.1, -0.05) is 18.2 Å². The molecule has 0 saturated heterocycles. The molecule has 0 atom stereocenters. The minimum Gasteiger partial charge on any atom is -0.336 e. The van der Waals surface area contributed by atoms with E-state index in [1.165, 1.54) is 4.88 Å². The molecule has 1 aromatic carbocycles. The van der Waals surface area contributed by atoms with E-state index in [4.69, 9.17) is 0 Å². The van der Waals surface area contributed by atoms with Crippen LogP contribution in [0.1, 0.15) is 30.5 Å². The van der Waals surface area contributed by atoms with Crippen LogP contribution in [0.25, 0.3) is 10.9 Å². The normalized spacial score (nSPS) is 10.9. The lowest BCUT2D eigenvalue weighted by atomic mass is 10.2. The molecule has 5 nitrogen and oxygen atoms in total. The molecule has 0 bridgehead atoms. The molecule has 0 radical (unpaired) electrons. The van der Waals surface area contributed by atoms with Crippen molar-refractivity contribution < 1.29 is 4.79 Å². The number of aryl methyl sites for hydroxylation is 1. The van der Waals surface area contributed by atoms with Crippen molar-refractivity contribution in [1.29, 1.82) is 0 Å². The van der Waals surface area contributed by atoms with Crippen LogP contribution in [-0.4, -0.2) is 27.3 Å². The number of aromatic amines is 1. The number of aromatic nitrogens is 2. The smallest absolute Gasteiger partial charge is 0.258 e. The lowest BCUT2D eigenvalue weighted by molar-refractivity contribution is -0.131. The number of benzene rings is 1. The van der Waals surface area contributed by atoms with Gasteiger partial charge in [0.1, 0.15) is 5.82 Å². The maximum atomic E-state index is 12.5. The van der Waals surface area contributed by atoms with Crippen molar-refractivity contribution >= 4 is 28.1 Å². The zero-order valence-electron chi connectivity index (χ0n) is 14.2. The van der Waals surface area contributed by atoms with Gasteiger partial charge in [0.15, 0.2) is 0 Å². The van der Waals surface area contributed by atoms with E-state index in [0.29, 0.717) is 36.2 Å². The van der Waals surface area contributed by atoms with E-state index >= 15 is 0 Å². The predicted octanol–water partition coefficient (Wildman–Crippen LogP) is 3.36. The van der Waals surface area contributed by atoms with E-state index in [1.807, 2.05) is 31.2 Å². The van der Waals surface area contributed by atoms with E-state index < -0.39 is 0 Å². The molecule has 3 aromatic rings. The van der Waals surface area contributed by atoms with Crippen molar-refractivity contribution in [2.24, 2.45) is 0 Å². The second kappa shape index (κ2) is 8.07. The van der Waals surface area contributed by atoms with Crippen molar-refractivity contribution in [3.63, 3.8) is 0 Å². The van der Waals surface area contributed by atoms with E-state index in [0.717, 1.165) is 12.8 Å². The van der Waals surface area contributed by atoms with Crippen molar-refractivity contribution in [3.05, 3.63) is 62.8 Å². The third-order valence-electron chi connectivity index (χ3n) is 4.13. The van der Waals surface area contributed by atoms with Crippen LogP contribution in [0, 0.1) is 0 Å². The minimum atomic E-state index is -0.165. The number of carbonyl (C=O) groups is 1. The summed E-state index contributed by atoms with van der Waals surface area (Å²) >= 11 is 1.72. The third kappa shape index (κ3) is 4.33. The first-order valence-electron chi connectivity index (χ1n) is 8.45. The summed E-state index contributed by atoms with van der Waals surface area (Å²) in [7, 11) is 0. The van der Waals surface area contributed by atoms with E-state index in [1.54, 1.807) is 22.3 Å². The summed E-state index contributed by atoms with van der Waals surface area (Å²) in [6.07, 6.45) is 2.26. The second-order valence-corrected chi connectivity index (χ2v) is 6.90. The Morgan fingerprint density at radius 3 is 2.84 bits per heavy atom. The Morgan fingerprint density at radius 1 is 1.24 bits per heavy atom. The van der Waals surface area contributed by atoms with Gasteiger partial charge in [0.05, 0.1) is 17.4 Å². The second-order valence-electron chi connectivity index (χ2n) is 5.87. The SMILES string of the molecule is CCN(Cc1nc2ccccc2c(=O)[nH]1)C(=O)CCCc1cccs1. The summed E-state index contributed by atoms with van der Waals surface area (Å²) < 4.78 is 0. The van der Waals surface area contributed by atoms with E-state index in [-0.39, 0.29) is 11.5 Å². The number of H-pyrrole nitrogens is 1. The predicted molar refractivity (Wildman–Crippen MR) is 101 cm³/mol. The molecule has 2 aromatic heterocycles. The van der Waals surface area contributed by atoms with Crippen LogP contribution >= 0.6 is 11.3 Å². The average molecular weight is 355 g/mol. The molecular weight excluding hydrogens is 334 g/mol. The first-order chi connectivity index (χ1) is 12.2. The Balaban J connectivity index is 1.65. The molecule has 25 heavy (non-hydrogen) atoms. The van der Waals surface area contributed by atoms with Gasteiger partial charge in [-0.15, -0.1) is 11.3 Å². The van der Waals surface area contributed by atoms with Crippen LogP contribution in [0.4, 0.5) is 0 Å². The molecule has 0 fully saturated rings. The van der Waals surface area contributed by atoms with Crippen LogP contribution in [0.5, 0.6) is 0 Å². The first-order valence-corrected chi connectivity index (χ1v) is 9.33. The summed E-state index contributed by atoms with van der Waals surface area (Å²) in [5.74, 6) is 0.618.